The Morgan fingerprint density at radius 2 is 1.93 bits per heavy atom. The maximum atomic E-state index is 4.29. The Kier molecular flexibility index (Phi) is 9.82. The van der Waals surface area contributed by atoms with E-state index in [0.717, 1.165) is 24.0 Å². The highest BCUT2D eigenvalue weighted by Crippen LogP contribution is 2.09. The van der Waals surface area contributed by atoms with E-state index in [9.17, 15) is 0 Å². The third-order valence-electron chi connectivity index (χ3n) is 4.91. The molecular weight excluding hydrogens is 453 g/mol. The molecule has 1 aliphatic heterocycles. The van der Waals surface area contributed by atoms with Crippen molar-refractivity contribution in [2.75, 3.05) is 33.2 Å². The lowest BCUT2D eigenvalue weighted by atomic mass is 10.1. The van der Waals surface area contributed by atoms with Crippen LogP contribution in [0.5, 0.6) is 0 Å². The van der Waals surface area contributed by atoms with Gasteiger partial charge in [0.2, 0.25) is 0 Å². The Morgan fingerprint density at radius 1 is 1.07 bits per heavy atom. The van der Waals surface area contributed by atoms with Crippen molar-refractivity contribution in [3.05, 3.63) is 30.2 Å². The molecular formula is C19H32IN7. The fourth-order valence-electron chi connectivity index (χ4n) is 3.42. The van der Waals surface area contributed by atoms with Gasteiger partial charge >= 0.3 is 0 Å². The standard InChI is InChI=1S/C19H31N7.HI/c1-20-19(21-11-5-2-6-12-25-13-7-3-8-14-25)22-16-18-24-23-17-10-4-9-15-26(17)18;/h4,9-10,15H,2-3,5-8,11-14,16H2,1H3,(H2,20,21,22);1H. The van der Waals surface area contributed by atoms with Gasteiger partial charge in [-0.2, -0.15) is 0 Å². The summed E-state index contributed by atoms with van der Waals surface area (Å²) in [7, 11) is 1.80. The second-order valence-electron chi connectivity index (χ2n) is 6.86. The lowest BCUT2D eigenvalue weighted by molar-refractivity contribution is 0.224. The van der Waals surface area contributed by atoms with Crippen molar-refractivity contribution in [2.24, 2.45) is 4.99 Å². The number of nitrogens with one attached hydrogen (secondary N) is 2. The van der Waals surface area contributed by atoms with Crippen LogP contribution in [-0.4, -0.2) is 58.7 Å². The highest BCUT2D eigenvalue weighted by Gasteiger charge is 2.09. The van der Waals surface area contributed by atoms with Crippen molar-refractivity contribution in [1.82, 2.24) is 30.1 Å². The van der Waals surface area contributed by atoms with Crippen LogP contribution >= 0.6 is 24.0 Å². The fraction of sp³-hybridized carbons (Fsp3) is 0.632. The first-order valence-electron chi connectivity index (χ1n) is 9.82. The number of fused-ring (bicyclic) bond motifs is 1. The summed E-state index contributed by atoms with van der Waals surface area (Å²) < 4.78 is 1.99. The molecule has 0 saturated carbocycles. The first-order chi connectivity index (χ1) is 12.9. The molecule has 3 rings (SSSR count). The van der Waals surface area contributed by atoms with Crippen LogP contribution in [0.15, 0.2) is 29.4 Å². The third kappa shape index (κ3) is 6.91. The van der Waals surface area contributed by atoms with E-state index in [0.29, 0.717) is 6.54 Å². The molecule has 7 nitrogen and oxygen atoms in total. The summed E-state index contributed by atoms with van der Waals surface area (Å²) in [5.41, 5.74) is 0.862. The second-order valence-corrected chi connectivity index (χ2v) is 6.86. The number of aromatic nitrogens is 3. The molecule has 1 aliphatic rings. The van der Waals surface area contributed by atoms with Crippen LogP contribution in [0.1, 0.15) is 44.3 Å². The zero-order valence-electron chi connectivity index (χ0n) is 16.2. The molecule has 1 saturated heterocycles. The molecule has 3 heterocycles. The smallest absolute Gasteiger partial charge is 0.191 e. The topological polar surface area (TPSA) is 69.8 Å². The Labute approximate surface area is 179 Å². The summed E-state index contributed by atoms with van der Waals surface area (Å²) in [6.07, 6.45) is 9.87. The van der Waals surface area contributed by atoms with E-state index in [1.807, 2.05) is 28.8 Å². The number of pyridine rings is 1. The van der Waals surface area contributed by atoms with Crippen molar-refractivity contribution >= 4 is 35.6 Å². The molecule has 0 aromatic carbocycles. The van der Waals surface area contributed by atoms with Crippen LogP contribution in [0.4, 0.5) is 0 Å². The van der Waals surface area contributed by atoms with Gasteiger partial charge in [0.15, 0.2) is 17.4 Å². The first-order valence-corrected chi connectivity index (χ1v) is 9.82. The number of guanidine groups is 1. The number of likely N-dealkylation sites (tertiary alicyclic amines) is 1. The Hall–Kier alpha value is -1.42. The molecule has 0 unspecified atom stereocenters. The SMILES string of the molecule is CN=C(NCCCCCN1CCCCC1)NCc1nnc2ccccn12.I. The second kappa shape index (κ2) is 12.1. The molecule has 0 bridgehead atoms. The van der Waals surface area contributed by atoms with E-state index < -0.39 is 0 Å². The predicted molar refractivity (Wildman–Crippen MR) is 121 cm³/mol. The number of piperidine rings is 1. The van der Waals surface area contributed by atoms with Gasteiger partial charge in [-0.25, -0.2) is 0 Å². The molecule has 0 spiro atoms. The maximum Gasteiger partial charge on any atom is 0.191 e. The molecule has 0 radical (unpaired) electrons. The van der Waals surface area contributed by atoms with E-state index in [1.54, 1.807) is 7.05 Å². The molecule has 2 aromatic rings. The van der Waals surface area contributed by atoms with E-state index in [-0.39, 0.29) is 24.0 Å². The fourth-order valence-corrected chi connectivity index (χ4v) is 3.42. The normalized spacial score (nSPS) is 15.5. The van der Waals surface area contributed by atoms with Gasteiger partial charge in [0.05, 0.1) is 6.54 Å². The number of hydrogen-bond donors (Lipinski definition) is 2. The number of unbranched alkanes of at least 4 members (excludes halogenated alkanes) is 2. The van der Waals surface area contributed by atoms with Gasteiger partial charge in [0.1, 0.15) is 0 Å². The van der Waals surface area contributed by atoms with Crippen LogP contribution in [0, 0.1) is 0 Å². The minimum atomic E-state index is 0. The van der Waals surface area contributed by atoms with Gasteiger partial charge in [-0.15, -0.1) is 34.2 Å². The number of halogens is 1. The average molecular weight is 485 g/mol. The third-order valence-corrected chi connectivity index (χ3v) is 4.91. The van der Waals surface area contributed by atoms with Gasteiger partial charge < -0.3 is 15.5 Å². The molecule has 0 aliphatic carbocycles. The molecule has 2 aromatic heterocycles. The number of hydrogen-bond acceptors (Lipinski definition) is 4. The van der Waals surface area contributed by atoms with Crippen LogP contribution in [0.2, 0.25) is 0 Å². The Bertz CT molecular complexity index is 694. The van der Waals surface area contributed by atoms with Crippen molar-refractivity contribution in [2.45, 2.75) is 45.1 Å². The summed E-state index contributed by atoms with van der Waals surface area (Å²) in [5.74, 6) is 1.69. The molecule has 8 heteroatoms. The summed E-state index contributed by atoms with van der Waals surface area (Å²) in [6.45, 7) is 5.39. The van der Waals surface area contributed by atoms with E-state index in [1.165, 1.54) is 58.2 Å². The van der Waals surface area contributed by atoms with Crippen LogP contribution < -0.4 is 10.6 Å². The van der Waals surface area contributed by atoms with Gasteiger partial charge in [0.25, 0.3) is 0 Å². The molecule has 2 N–H and O–H groups in total. The van der Waals surface area contributed by atoms with Gasteiger partial charge in [0, 0.05) is 19.8 Å². The van der Waals surface area contributed by atoms with Crippen molar-refractivity contribution in [3.8, 4) is 0 Å². The lowest BCUT2D eigenvalue weighted by Crippen LogP contribution is -2.37. The average Bonchev–Trinajstić information content (AvgIpc) is 3.11. The van der Waals surface area contributed by atoms with E-state index in [4.69, 9.17) is 0 Å². The summed E-state index contributed by atoms with van der Waals surface area (Å²) >= 11 is 0. The molecule has 0 amide bonds. The van der Waals surface area contributed by atoms with E-state index in [2.05, 4.69) is 30.7 Å². The minimum absolute atomic E-state index is 0. The Balaban J connectivity index is 0.00000261. The highest BCUT2D eigenvalue weighted by atomic mass is 127. The molecule has 0 atom stereocenters. The molecule has 150 valence electrons. The molecule has 1 fully saturated rings. The zero-order valence-corrected chi connectivity index (χ0v) is 18.6. The predicted octanol–water partition coefficient (Wildman–Crippen LogP) is 2.67. The zero-order chi connectivity index (χ0) is 18.0. The maximum absolute atomic E-state index is 4.29. The highest BCUT2D eigenvalue weighted by molar-refractivity contribution is 14.0. The number of rotatable bonds is 8. The van der Waals surface area contributed by atoms with Crippen molar-refractivity contribution in [1.29, 1.82) is 0 Å². The van der Waals surface area contributed by atoms with Gasteiger partial charge in [-0.05, 0) is 57.5 Å². The van der Waals surface area contributed by atoms with Gasteiger partial charge in [-0.3, -0.25) is 9.39 Å². The minimum Gasteiger partial charge on any atom is -0.356 e. The number of nitrogens with zero attached hydrogens (tertiary/aromatic N) is 5. The van der Waals surface area contributed by atoms with Crippen LogP contribution in [0.25, 0.3) is 5.65 Å². The number of aliphatic imine (C=N–C) groups is 1. The van der Waals surface area contributed by atoms with E-state index >= 15 is 0 Å². The van der Waals surface area contributed by atoms with Crippen molar-refractivity contribution < 1.29 is 0 Å². The quantitative estimate of drug-likeness (QED) is 0.261. The van der Waals surface area contributed by atoms with Crippen LogP contribution in [0.3, 0.4) is 0 Å². The summed E-state index contributed by atoms with van der Waals surface area (Å²) in [5, 5.41) is 15.1. The summed E-state index contributed by atoms with van der Waals surface area (Å²) in [4.78, 5) is 6.90. The monoisotopic (exact) mass is 485 g/mol. The van der Waals surface area contributed by atoms with Crippen LogP contribution in [-0.2, 0) is 6.54 Å². The Morgan fingerprint density at radius 3 is 2.74 bits per heavy atom. The lowest BCUT2D eigenvalue weighted by Gasteiger charge is -2.26. The largest absolute Gasteiger partial charge is 0.356 e. The first kappa shape index (κ1) is 21.9. The molecule has 27 heavy (non-hydrogen) atoms. The summed E-state index contributed by atoms with van der Waals surface area (Å²) in [6, 6.07) is 5.90. The van der Waals surface area contributed by atoms with Gasteiger partial charge in [-0.1, -0.05) is 18.9 Å². The van der Waals surface area contributed by atoms with Crippen molar-refractivity contribution in [3.63, 3.8) is 0 Å².